The summed E-state index contributed by atoms with van der Waals surface area (Å²) in [4.78, 5) is 11.0. The summed E-state index contributed by atoms with van der Waals surface area (Å²) in [6.45, 7) is 3.20. The monoisotopic (exact) mass is 259 g/mol. The quantitative estimate of drug-likeness (QED) is 0.826. The molecule has 3 rings (SSSR count). The lowest BCUT2D eigenvalue weighted by Gasteiger charge is -2.36. The largest absolute Gasteiger partial charge is 0.353 e. The van der Waals surface area contributed by atoms with Gasteiger partial charge in [0.05, 0.1) is 5.52 Å². The maximum atomic E-state index is 13.5. The SMILES string of the molecule is CCC1CCCCN1c1ncnc2ccc(F)cc12. The first kappa shape index (κ1) is 12.3. The Morgan fingerprint density at radius 3 is 3.05 bits per heavy atom. The van der Waals surface area contributed by atoms with Crippen LogP contribution in [0.2, 0.25) is 0 Å². The summed E-state index contributed by atoms with van der Waals surface area (Å²) in [5, 5.41) is 0.822. The van der Waals surface area contributed by atoms with Crippen molar-refractivity contribution < 1.29 is 4.39 Å². The van der Waals surface area contributed by atoms with Crippen LogP contribution >= 0.6 is 0 Å². The molecule has 1 saturated heterocycles. The molecule has 0 bridgehead atoms. The highest BCUT2D eigenvalue weighted by molar-refractivity contribution is 5.89. The van der Waals surface area contributed by atoms with E-state index in [4.69, 9.17) is 0 Å². The van der Waals surface area contributed by atoms with Crippen LogP contribution in [0.3, 0.4) is 0 Å². The van der Waals surface area contributed by atoms with Crippen LogP contribution in [0, 0.1) is 5.82 Å². The molecule has 0 saturated carbocycles. The Bertz CT molecular complexity index is 585. The second-order valence-electron chi connectivity index (χ2n) is 5.11. The normalized spacial score (nSPS) is 19.9. The van der Waals surface area contributed by atoms with Gasteiger partial charge in [0, 0.05) is 18.0 Å². The van der Waals surface area contributed by atoms with Gasteiger partial charge in [-0.3, -0.25) is 0 Å². The Labute approximate surface area is 112 Å². The highest BCUT2D eigenvalue weighted by atomic mass is 19.1. The van der Waals surface area contributed by atoms with Crippen LogP contribution in [0.1, 0.15) is 32.6 Å². The molecular weight excluding hydrogens is 241 g/mol. The average Bonchev–Trinajstić information content (AvgIpc) is 2.46. The van der Waals surface area contributed by atoms with Crippen molar-refractivity contribution in [3.05, 3.63) is 30.3 Å². The molecule has 1 aromatic carbocycles. The number of benzene rings is 1. The second-order valence-corrected chi connectivity index (χ2v) is 5.11. The zero-order chi connectivity index (χ0) is 13.2. The van der Waals surface area contributed by atoms with E-state index in [0.29, 0.717) is 6.04 Å². The third-order valence-electron chi connectivity index (χ3n) is 3.95. The molecule has 3 nitrogen and oxygen atoms in total. The molecule has 19 heavy (non-hydrogen) atoms. The Kier molecular flexibility index (Phi) is 3.32. The molecule has 2 heterocycles. The number of rotatable bonds is 2. The van der Waals surface area contributed by atoms with E-state index < -0.39 is 0 Å². The zero-order valence-corrected chi connectivity index (χ0v) is 11.1. The Morgan fingerprint density at radius 2 is 2.21 bits per heavy atom. The maximum absolute atomic E-state index is 13.5. The summed E-state index contributed by atoms with van der Waals surface area (Å²) in [5.74, 6) is 0.657. The molecule has 1 atom stereocenters. The topological polar surface area (TPSA) is 29.0 Å². The van der Waals surface area contributed by atoms with Gasteiger partial charge in [-0.15, -0.1) is 0 Å². The lowest BCUT2D eigenvalue weighted by atomic mass is 9.99. The summed E-state index contributed by atoms with van der Waals surface area (Å²) < 4.78 is 13.5. The predicted octanol–water partition coefficient (Wildman–Crippen LogP) is 3.54. The van der Waals surface area contributed by atoms with Gasteiger partial charge in [0.1, 0.15) is 18.0 Å². The summed E-state index contributed by atoms with van der Waals surface area (Å²) >= 11 is 0. The Balaban J connectivity index is 2.10. The number of piperidine rings is 1. The van der Waals surface area contributed by atoms with Crippen molar-refractivity contribution in [2.24, 2.45) is 0 Å². The molecule has 2 aromatic rings. The number of hydrogen-bond donors (Lipinski definition) is 0. The number of halogens is 1. The van der Waals surface area contributed by atoms with Crippen LogP contribution in [0.4, 0.5) is 10.2 Å². The van der Waals surface area contributed by atoms with Crippen molar-refractivity contribution in [2.75, 3.05) is 11.4 Å². The van der Waals surface area contributed by atoms with Crippen LogP contribution in [0.25, 0.3) is 10.9 Å². The minimum atomic E-state index is -0.228. The number of hydrogen-bond acceptors (Lipinski definition) is 3. The maximum Gasteiger partial charge on any atom is 0.140 e. The van der Waals surface area contributed by atoms with Gasteiger partial charge in [-0.05, 0) is 43.9 Å². The fraction of sp³-hybridized carbons (Fsp3) is 0.467. The van der Waals surface area contributed by atoms with Gasteiger partial charge < -0.3 is 4.90 Å². The summed E-state index contributed by atoms with van der Waals surface area (Å²) in [5.41, 5.74) is 0.812. The fourth-order valence-electron chi connectivity index (χ4n) is 2.95. The van der Waals surface area contributed by atoms with Crippen LogP contribution in [-0.2, 0) is 0 Å². The van der Waals surface area contributed by atoms with E-state index in [9.17, 15) is 4.39 Å². The molecule has 0 radical (unpaired) electrons. The van der Waals surface area contributed by atoms with Crippen molar-refractivity contribution in [3.63, 3.8) is 0 Å². The molecule has 0 spiro atoms. The van der Waals surface area contributed by atoms with Gasteiger partial charge in [0.2, 0.25) is 0 Å². The molecule has 0 amide bonds. The van der Waals surface area contributed by atoms with Crippen LogP contribution < -0.4 is 4.90 Å². The van der Waals surface area contributed by atoms with E-state index in [-0.39, 0.29) is 5.82 Å². The molecule has 1 aliphatic rings. The van der Waals surface area contributed by atoms with Crippen molar-refractivity contribution in [1.82, 2.24) is 9.97 Å². The molecule has 0 aliphatic carbocycles. The highest BCUT2D eigenvalue weighted by Crippen LogP contribution is 2.30. The lowest BCUT2D eigenvalue weighted by molar-refractivity contribution is 0.447. The minimum Gasteiger partial charge on any atom is -0.353 e. The number of nitrogens with zero attached hydrogens (tertiary/aromatic N) is 3. The van der Waals surface area contributed by atoms with Gasteiger partial charge in [0.25, 0.3) is 0 Å². The molecule has 1 aromatic heterocycles. The number of anilines is 1. The molecule has 4 heteroatoms. The number of aromatic nitrogens is 2. The molecule has 1 aliphatic heterocycles. The minimum absolute atomic E-state index is 0.228. The summed E-state index contributed by atoms with van der Waals surface area (Å²) in [6.07, 6.45) is 6.32. The van der Waals surface area contributed by atoms with Crippen molar-refractivity contribution in [1.29, 1.82) is 0 Å². The van der Waals surface area contributed by atoms with Crippen LogP contribution in [0.15, 0.2) is 24.5 Å². The third kappa shape index (κ3) is 2.27. The van der Waals surface area contributed by atoms with Crippen molar-refractivity contribution in [2.45, 2.75) is 38.6 Å². The second kappa shape index (κ2) is 5.11. The summed E-state index contributed by atoms with van der Waals surface area (Å²) in [7, 11) is 0. The zero-order valence-electron chi connectivity index (χ0n) is 11.1. The smallest absolute Gasteiger partial charge is 0.140 e. The van der Waals surface area contributed by atoms with Crippen molar-refractivity contribution in [3.8, 4) is 0 Å². The first-order valence-electron chi connectivity index (χ1n) is 6.96. The Hall–Kier alpha value is -1.71. The molecule has 0 N–H and O–H groups in total. The lowest BCUT2D eigenvalue weighted by Crippen LogP contribution is -2.39. The van der Waals surface area contributed by atoms with E-state index in [0.717, 1.165) is 29.7 Å². The third-order valence-corrected chi connectivity index (χ3v) is 3.95. The van der Waals surface area contributed by atoms with Gasteiger partial charge in [-0.1, -0.05) is 6.92 Å². The first-order chi connectivity index (χ1) is 9.29. The average molecular weight is 259 g/mol. The van der Waals surface area contributed by atoms with Gasteiger partial charge in [0.15, 0.2) is 0 Å². The van der Waals surface area contributed by atoms with Crippen LogP contribution in [-0.4, -0.2) is 22.6 Å². The van der Waals surface area contributed by atoms with E-state index in [1.807, 2.05) is 0 Å². The van der Waals surface area contributed by atoms with E-state index in [2.05, 4.69) is 21.8 Å². The first-order valence-corrected chi connectivity index (χ1v) is 6.96. The molecule has 100 valence electrons. The molecule has 1 fully saturated rings. The summed E-state index contributed by atoms with van der Waals surface area (Å²) in [6, 6.07) is 5.23. The van der Waals surface area contributed by atoms with Gasteiger partial charge in [-0.2, -0.15) is 0 Å². The molecular formula is C15H18FN3. The Morgan fingerprint density at radius 1 is 1.32 bits per heavy atom. The van der Waals surface area contributed by atoms with Gasteiger partial charge >= 0.3 is 0 Å². The van der Waals surface area contributed by atoms with Crippen LogP contribution in [0.5, 0.6) is 0 Å². The predicted molar refractivity (Wildman–Crippen MR) is 74.8 cm³/mol. The standard InChI is InChI=1S/C15H18FN3/c1-2-12-5-3-4-8-19(12)15-13-9-11(16)6-7-14(13)17-10-18-15/h6-7,9-10,12H,2-5,8H2,1H3. The van der Waals surface area contributed by atoms with E-state index >= 15 is 0 Å². The van der Waals surface area contributed by atoms with Gasteiger partial charge in [-0.25, -0.2) is 14.4 Å². The highest BCUT2D eigenvalue weighted by Gasteiger charge is 2.23. The van der Waals surface area contributed by atoms with E-state index in [1.165, 1.54) is 25.3 Å². The van der Waals surface area contributed by atoms with E-state index in [1.54, 1.807) is 18.5 Å². The number of fused-ring (bicyclic) bond motifs is 1. The molecule has 1 unspecified atom stereocenters. The van der Waals surface area contributed by atoms with Crippen molar-refractivity contribution >= 4 is 16.7 Å². The fourth-order valence-corrected chi connectivity index (χ4v) is 2.95.